The van der Waals surface area contributed by atoms with Crippen molar-refractivity contribution in [3.63, 3.8) is 0 Å². The van der Waals surface area contributed by atoms with Crippen molar-refractivity contribution in [3.05, 3.63) is 66.0 Å². The molecule has 1 heterocycles. The summed E-state index contributed by atoms with van der Waals surface area (Å²) in [6, 6.07) is 13.0. The van der Waals surface area contributed by atoms with Crippen molar-refractivity contribution < 1.29 is 14.7 Å². The summed E-state index contributed by atoms with van der Waals surface area (Å²) >= 11 is 0. The van der Waals surface area contributed by atoms with Gasteiger partial charge in [0.2, 0.25) is 5.91 Å². The van der Waals surface area contributed by atoms with Crippen LogP contribution in [0.4, 0.5) is 4.79 Å². The maximum absolute atomic E-state index is 13.2. The molecule has 0 unspecified atom stereocenters. The molecule has 2 N–H and O–H groups in total. The standard InChI is InChI=1S/C22H29N3O3.ClH/c1-17(2)9-14-24-20(26)22(3,15-18-7-5-4-6-8-18)25(21(27)28)16-19-10-12-23-13-11-19;/h4-8,10-13,17H,9,14-16H2,1-3H3,(H,24,26)(H,27,28);1H/t22-;/m0./s1. The van der Waals surface area contributed by atoms with Crippen LogP contribution in [-0.4, -0.2) is 39.1 Å². The molecule has 0 spiro atoms. The van der Waals surface area contributed by atoms with E-state index in [1.807, 2.05) is 30.3 Å². The van der Waals surface area contributed by atoms with Crippen LogP contribution in [-0.2, 0) is 17.8 Å². The minimum atomic E-state index is -1.24. The molecule has 7 heteroatoms. The van der Waals surface area contributed by atoms with Gasteiger partial charge in [-0.15, -0.1) is 12.4 Å². The summed E-state index contributed by atoms with van der Waals surface area (Å²) in [5, 5.41) is 12.9. The summed E-state index contributed by atoms with van der Waals surface area (Å²) in [5.41, 5.74) is 0.449. The third-order valence-corrected chi connectivity index (χ3v) is 4.80. The van der Waals surface area contributed by atoms with Gasteiger partial charge in [0.1, 0.15) is 5.54 Å². The molecule has 6 nitrogen and oxygen atoms in total. The van der Waals surface area contributed by atoms with Gasteiger partial charge in [0.05, 0.1) is 6.54 Å². The largest absolute Gasteiger partial charge is 0.465 e. The van der Waals surface area contributed by atoms with Crippen LogP contribution in [0.25, 0.3) is 0 Å². The molecule has 0 aliphatic heterocycles. The lowest BCUT2D eigenvalue weighted by Crippen LogP contribution is -2.59. The fourth-order valence-corrected chi connectivity index (χ4v) is 3.08. The fraction of sp³-hybridized carbons (Fsp3) is 0.409. The van der Waals surface area contributed by atoms with Crippen molar-refractivity contribution in [1.29, 1.82) is 0 Å². The highest BCUT2D eigenvalue weighted by molar-refractivity contribution is 5.89. The van der Waals surface area contributed by atoms with E-state index >= 15 is 0 Å². The third kappa shape index (κ3) is 7.06. The van der Waals surface area contributed by atoms with Crippen LogP contribution in [0.1, 0.15) is 38.3 Å². The van der Waals surface area contributed by atoms with Crippen molar-refractivity contribution in [2.75, 3.05) is 6.54 Å². The number of carbonyl (C=O) groups excluding carboxylic acids is 1. The first kappa shape index (κ1) is 24.4. The van der Waals surface area contributed by atoms with E-state index in [0.29, 0.717) is 18.9 Å². The van der Waals surface area contributed by atoms with Crippen molar-refractivity contribution in [2.24, 2.45) is 5.92 Å². The Bertz CT molecular complexity index is 771. The Kier molecular flexibility index (Phi) is 9.62. The van der Waals surface area contributed by atoms with Crippen molar-refractivity contribution >= 4 is 24.4 Å². The van der Waals surface area contributed by atoms with Crippen LogP contribution in [0, 0.1) is 5.92 Å². The number of pyridine rings is 1. The lowest BCUT2D eigenvalue weighted by molar-refractivity contribution is -0.132. The number of benzene rings is 1. The maximum Gasteiger partial charge on any atom is 0.408 e. The van der Waals surface area contributed by atoms with Gasteiger partial charge in [-0.25, -0.2) is 4.79 Å². The van der Waals surface area contributed by atoms with E-state index in [9.17, 15) is 14.7 Å². The van der Waals surface area contributed by atoms with Gasteiger partial charge in [-0.3, -0.25) is 14.7 Å². The monoisotopic (exact) mass is 419 g/mol. The molecule has 0 aliphatic rings. The van der Waals surface area contributed by atoms with E-state index in [1.54, 1.807) is 31.5 Å². The SMILES string of the molecule is CC(C)CCNC(=O)[C@](C)(Cc1ccccc1)N(Cc1ccncc1)C(=O)O.Cl. The molecule has 29 heavy (non-hydrogen) atoms. The molecule has 2 rings (SSSR count). The Balaban J connectivity index is 0.00000420. The molecular formula is C22H30ClN3O3. The molecule has 0 aliphatic carbocycles. The van der Waals surface area contributed by atoms with Crippen molar-refractivity contribution in [2.45, 2.75) is 45.7 Å². The molecule has 0 fully saturated rings. The summed E-state index contributed by atoms with van der Waals surface area (Å²) in [6.07, 6.45) is 3.23. The molecule has 1 aromatic carbocycles. The predicted octanol–water partition coefficient (Wildman–Crippen LogP) is 4.15. The lowest BCUT2D eigenvalue weighted by Gasteiger charge is -2.38. The molecule has 2 aromatic rings. The Hall–Kier alpha value is -2.60. The van der Waals surface area contributed by atoms with Crippen LogP contribution in [0.2, 0.25) is 0 Å². The molecule has 0 radical (unpaired) electrons. The zero-order valence-electron chi connectivity index (χ0n) is 17.2. The second-order valence-electron chi connectivity index (χ2n) is 7.60. The molecule has 1 aromatic heterocycles. The average Bonchev–Trinajstić information content (AvgIpc) is 2.67. The van der Waals surface area contributed by atoms with Crippen LogP contribution in [0.15, 0.2) is 54.9 Å². The van der Waals surface area contributed by atoms with Gasteiger partial charge < -0.3 is 10.4 Å². The second kappa shape index (κ2) is 11.4. The quantitative estimate of drug-likeness (QED) is 0.639. The van der Waals surface area contributed by atoms with Gasteiger partial charge in [-0.05, 0) is 42.5 Å². The Morgan fingerprint density at radius 2 is 1.72 bits per heavy atom. The van der Waals surface area contributed by atoms with Gasteiger partial charge in [-0.1, -0.05) is 44.2 Å². The zero-order chi connectivity index (χ0) is 20.6. The first-order chi connectivity index (χ1) is 13.3. The number of amides is 2. The van der Waals surface area contributed by atoms with Crippen LogP contribution in [0.5, 0.6) is 0 Å². The highest BCUT2D eigenvalue weighted by atomic mass is 35.5. The summed E-state index contributed by atoms with van der Waals surface area (Å²) in [6.45, 7) is 6.49. The number of hydrogen-bond acceptors (Lipinski definition) is 3. The molecular weight excluding hydrogens is 390 g/mol. The van der Waals surface area contributed by atoms with Crippen LogP contribution in [0.3, 0.4) is 0 Å². The number of rotatable bonds is 9. The Morgan fingerprint density at radius 1 is 1.10 bits per heavy atom. The molecule has 2 amide bonds. The van der Waals surface area contributed by atoms with Gasteiger partial charge in [0.15, 0.2) is 0 Å². The van der Waals surface area contributed by atoms with E-state index in [-0.39, 0.29) is 24.9 Å². The molecule has 0 bridgehead atoms. The van der Waals surface area contributed by atoms with Gasteiger partial charge in [0, 0.05) is 25.4 Å². The van der Waals surface area contributed by atoms with E-state index < -0.39 is 11.6 Å². The van der Waals surface area contributed by atoms with E-state index in [4.69, 9.17) is 0 Å². The maximum atomic E-state index is 13.2. The number of halogens is 1. The van der Waals surface area contributed by atoms with Crippen LogP contribution < -0.4 is 5.32 Å². The first-order valence-corrected chi connectivity index (χ1v) is 9.54. The van der Waals surface area contributed by atoms with Crippen molar-refractivity contribution in [1.82, 2.24) is 15.2 Å². The van der Waals surface area contributed by atoms with Gasteiger partial charge in [-0.2, -0.15) is 0 Å². The minimum Gasteiger partial charge on any atom is -0.465 e. The van der Waals surface area contributed by atoms with Crippen molar-refractivity contribution in [3.8, 4) is 0 Å². The topological polar surface area (TPSA) is 82.5 Å². The average molecular weight is 420 g/mol. The molecule has 0 saturated heterocycles. The normalized spacial score (nSPS) is 12.6. The smallest absolute Gasteiger partial charge is 0.408 e. The fourth-order valence-electron chi connectivity index (χ4n) is 3.08. The van der Waals surface area contributed by atoms with Crippen LogP contribution >= 0.6 is 12.4 Å². The third-order valence-electron chi connectivity index (χ3n) is 4.80. The number of carboxylic acid groups (broad SMARTS) is 1. The summed E-state index contributed by atoms with van der Waals surface area (Å²) in [7, 11) is 0. The molecule has 1 atom stereocenters. The predicted molar refractivity (Wildman–Crippen MR) is 116 cm³/mol. The number of carbonyl (C=O) groups is 2. The highest BCUT2D eigenvalue weighted by Gasteiger charge is 2.42. The molecule has 0 saturated carbocycles. The van der Waals surface area contributed by atoms with E-state index in [1.165, 1.54) is 4.90 Å². The number of nitrogens with zero attached hydrogens (tertiary/aromatic N) is 2. The summed E-state index contributed by atoms with van der Waals surface area (Å²) < 4.78 is 0. The second-order valence-corrected chi connectivity index (χ2v) is 7.60. The van der Waals surface area contributed by atoms with E-state index in [2.05, 4.69) is 24.1 Å². The lowest BCUT2D eigenvalue weighted by atomic mass is 9.89. The first-order valence-electron chi connectivity index (χ1n) is 9.54. The highest BCUT2D eigenvalue weighted by Crippen LogP contribution is 2.24. The summed E-state index contributed by atoms with van der Waals surface area (Å²) in [4.78, 5) is 30.5. The zero-order valence-corrected chi connectivity index (χ0v) is 18.0. The van der Waals surface area contributed by atoms with Gasteiger partial charge >= 0.3 is 6.09 Å². The Morgan fingerprint density at radius 3 is 2.28 bits per heavy atom. The van der Waals surface area contributed by atoms with Gasteiger partial charge in [0.25, 0.3) is 0 Å². The van der Waals surface area contributed by atoms with E-state index in [0.717, 1.165) is 17.5 Å². The Labute approximate surface area is 178 Å². The minimum absolute atomic E-state index is 0. The number of aromatic nitrogens is 1. The number of nitrogens with one attached hydrogen (secondary N) is 1. The number of hydrogen-bond donors (Lipinski definition) is 2. The summed E-state index contributed by atoms with van der Waals surface area (Å²) in [5.74, 6) is 0.168. The molecule has 158 valence electrons.